The Bertz CT molecular complexity index is 1000. The number of nitrogens with zero attached hydrogens (tertiary/aromatic N) is 1. The van der Waals surface area contributed by atoms with Crippen LogP contribution in [0.4, 0.5) is 32.4 Å². The molecule has 2 aromatic carbocycles. The van der Waals surface area contributed by atoms with E-state index in [2.05, 4.69) is 15.6 Å². The van der Waals surface area contributed by atoms with Gasteiger partial charge in [0.15, 0.2) is 0 Å². The number of carbonyl (C=O) groups is 1. The lowest BCUT2D eigenvalue weighted by Crippen LogP contribution is -2.34. The molecule has 3 aromatic rings. The van der Waals surface area contributed by atoms with Crippen LogP contribution in [-0.2, 0) is 12.9 Å². The summed E-state index contributed by atoms with van der Waals surface area (Å²) in [5.74, 6) is -0.505. The number of pyridine rings is 1. The molecule has 9 heteroatoms. The summed E-state index contributed by atoms with van der Waals surface area (Å²) in [4.78, 5) is 16.3. The van der Waals surface area contributed by atoms with Gasteiger partial charge in [0, 0.05) is 11.9 Å². The quantitative estimate of drug-likeness (QED) is 0.526. The van der Waals surface area contributed by atoms with E-state index in [1.54, 1.807) is 0 Å². The number of nitrogens with one attached hydrogen (secondary N) is 2. The van der Waals surface area contributed by atoms with Gasteiger partial charge in [-0.15, -0.1) is 0 Å². The summed E-state index contributed by atoms with van der Waals surface area (Å²) >= 11 is 0. The highest BCUT2D eigenvalue weighted by Gasteiger charge is 2.37. The summed E-state index contributed by atoms with van der Waals surface area (Å²) in [7, 11) is 0. The highest BCUT2D eigenvalue weighted by molar-refractivity contribution is 5.89. The van der Waals surface area contributed by atoms with E-state index in [-0.39, 0.29) is 11.3 Å². The number of aromatic nitrogens is 1. The average molecular weight is 421 g/mol. The molecule has 0 fully saturated rings. The van der Waals surface area contributed by atoms with Crippen molar-refractivity contribution < 1.29 is 26.7 Å². The number of rotatable bonds is 5. The summed E-state index contributed by atoms with van der Waals surface area (Å²) in [5.41, 5.74) is -0.549. The number of alkyl halides is 4. The van der Waals surface area contributed by atoms with E-state index in [4.69, 9.17) is 0 Å². The first-order valence-corrected chi connectivity index (χ1v) is 8.78. The van der Waals surface area contributed by atoms with Crippen molar-refractivity contribution in [2.45, 2.75) is 18.9 Å². The molecule has 0 spiro atoms. The van der Waals surface area contributed by atoms with Crippen molar-refractivity contribution in [3.05, 3.63) is 95.1 Å². The van der Waals surface area contributed by atoms with Gasteiger partial charge < -0.3 is 10.6 Å². The maximum Gasteiger partial charge on any atom is 0.418 e. The normalized spacial score (nSPS) is 12.3. The molecule has 4 nitrogen and oxygen atoms in total. The van der Waals surface area contributed by atoms with Crippen LogP contribution in [0.3, 0.4) is 0 Å². The van der Waals surface area contributed by atoms with Gasteiger partial charge in [-0.3, -0.25) is 4.98 Å². The molecule has 30 heavy (non-hydrogen) atoms. The zero-order chi connectivity index (χ0) is 21.7. The summed E-state index contributed by atoms with van der Waals surface area (Å²) in [5, 5.41) is 4.90. The summed E-state index contributed by atoms with van der Waals surface area (Å²) in [6, 6.07) is 10.5. The van der Waals surface area contributed by atoms with Crippen LogP contribution in [0, 0.1) is 5.82 Å². The molecule has 0 aliphatic carbocycles. The topological polar surface area (TPSA) is 54.0 Å². The lowest BCUT2D eigenvalue weighted by molar-refractivity contribution is -0.138. The Morgan fingerprint density at radius 1 is 1.00 bits per heavy atom. The van der Waals surface area contributed by atoms with Crippen molar-refractivity contribution in [2.75, 3.05) is 5.32 Å². The van der Waals surface area contributed by atoms with E-state index in [1.165, 1.54) is 42.6 Å². The van der Waals surface area contributed by atoms with E-state index in [1.807, 2.05) is 0 Å². The van der Waals surface area contributed by atoms with Gasteiger partial charge in [-0.25, -0.2) is 13.6 Å². The van der Waals surface area contributed by atoms with Crippen molar-refractivity contribution >= 4 is 11.7 Å². The van der Waals surface area contributed by atoms with Crippen molar-refractivity contribution in [1.29, 1.82) is 0 Å². The third-order valence-corrected chi connectivity index (χ3v) is 4.26. The largest absolute Gasteiger partial charge is 0.418 e. The molecule has 0 unspecified atom stereocenters. The summed E-state index contributed by atoms with van der Waals surface area (Å²) < 4.78 is 66.4. The molecule has 1 atom stereocenters. The second-order valence-corrected chi connectivity index (χ2v) is 6.35. The van der Waals surface area contributed by atoms with Crippen molar-refractivity contribution in [3.63, 3.8) is 0 Å². The van der Waals surface area contributed by atoms with E-state index in [0.29, 0.717) is 5.56 Å². The monoisotopic (exact) mass is 421 g/mol. The van der Waals surface area contributed by atoms with Gasteiger partial charge in [0.25, 0.3) is 0 Å². The molecular formula is C21H16F5N3O. The first kappa shape index (κ1) is 21.2. The maximum absolute atomic E-state index is 13.5. The number of halogens is 5. The second kappa shape index (κ2) is 8.89. The number of anilines is 1. The zero-order valence-corrected chi connectivity index (χ0v) is 15.4. The van der Waals surface area contributed by atoms with Crippen LogP contribution >= 0.6 is 0 Å². The first-order chi connectivity index (χ1) is 14.3. The molecule has 0 aliphatic rings. The number of carbonyl (C=O) groups excluding carboxylic acids is 1. The molecule has 0 saturated heterocycles. The second-order valence-electron chi connectivity index (χ2n) is 6.35. The molecule has 156 valence electrons. The summed E-state index contributed by atoms with van der Waals surface area (Å²) in [6.45, 7) is -0.735. The number of urea groups is 1. The van der Waals surface area contributed by atoms with Crippen LogP contribution in [0.2, 0.25) is 0 Å². The lowest BCUT2D eigenvalue weighted by Gasteiger charge is -2.22. The van der Waals surface area contributed by atoms with Crippen molar-refractivity contribution in [1.82, 2.24) is 10.3 Å². The van der Waals surface area contributed by atoms with Crippen molar-refractivity contribution in [3.8, 4) is 0 Å². The smallest absolute Gasteiger partial charge is 0.325 e. The Hall–Kier alpha value is -3.49. The SMILES string of the molecule is O=C(Nc1ccc(F)cc1)N[C@@H](c1ccc(CF)cc1)c1ncccc1C(F)(F)F. The van der Waals surface area contributed by atoms with Crippen LogP contribution in [0.1, 0.15) is 28.4 Å². The van der Waals surface area contributed by atoms with E-state index < -0.39 is 42.0 Å². The molecular weight excluding hydrogens is 405 g/mol. The number of hydrogen-bond acceptors (Lipinski definition) is 2. The third kappa shape index (κ3) is 5.11. The molecule has 0 bridgehead atoms. The minimum Gasteiger partial charge on any atom is -0.325 e. The van der Waals surface area contributed by atoms with Crippen molar-refractivity contribution in [2.24, 2.45) is 0 Å². The molecule has 0 aliphatic heterocycles. The molecule has 0 radical (unpaired) electrons. The highest BCUT2D eigenvalue weighted by Crippen LogP contribution is 2.35. The van der Waals surface area contributed by atoms with Crippen LogP contribution in [-0.4, -0.2) is 11.0 Å². The van der Waals surface area contributed by atoms with Crippen LogP contribution in [0.15, 0.2) is 66.9 Å². The lowest BCUT2D eigenvalue weighted by atomic mass is 9.98. The molecule has 2 N–H and O–H groups in total. The minimum absolute atomic E-state index is 0.248. The van der Waals surface area contributed by atoms with E-state index >= 15 is 0 Å². The average Bonchev–Trinajstić information content (AvgIpc) is 2.73. The van der Waals surface area contributed by atoms with Gasteiger partial charge in [0.1, 0.15) is 12.5 Å². The Balaban J connectivity index is 1.96. The molecule has 1 heterocycles. The van der Waals surface area contributed by atoms with Gasteiger partial charge in [0.05, 0.1) is 17.3 Å². The standard InChI is InChI=1S/C21H16F5N3O/c22-12-13-3-5-14(6-4-13)18(19-17(21(24,25)26)2-1-11-27-19)29-20(30)28-16-9-7-15(23)8-10-16/h1-11,18H,12H2,(H2,28,29,30)/t18-/m0/s1. The zero-order valence-electron chi connectivity index (χ0n) is 15.4. The molecule has 1 aromatic heterocycles. The Kier molecular flexibility index (Phi) is 6.29. The fourth-order valence-electron chi connectivity index (χ4n) is 2.83. The fraction of sp³-hybridized carbons (Fsp3) is 0.143. The predicted octanol–water partition coefficient (Wildman–Crippen LogP) is 5.62. The van der Waals surface area contributed by atoms with Gasteiger partial charge in [-0.05, 0) is 47.5 Å². The van der Waals surface area contributed by atoms with E-state index in [9.17, 15) is 26.7 Å². The van der Waals surface area contributed by atoms with Gasteiger partial charge in [-0.2, -0.15) is 13.2 Å². The first-order valence-electron chi connectivity index (χ1n) is 8.78. The van der Waals surface area contributed by atoms with Crippen LogP contribution in [0.5, 0.6) is 0 Å². The predicted molar refractivity (Wildman–Crippen MR) is 101 cm³/mol. The van der Waals surface area contributed by atoms with E-state index in [0.717, 1.165) is 24.3 Å². The maximum atomic E-state index is 13.5. The van der Waals surface area contributed by atoms with Gasteiger partial charge >= 0.3 is 12.2 Å². The van der Waals surface area contributed by atoms with Gasteiger partial charge in [0.2, 0.25) is 0 Å². The highest BCUT2D eigenvalue weighted by atomic mass is 19.4. The molecule has 2 amide bonds. The Morgan fingerprint density at radius 3 is 2.27 bits per heavy atom. The Morgan fingerprint density at radius 2 is 1.67 bits per heavy atom. The van der Waals surface area contributed by atoms with Gasteiger partial charge in [-0.1, -0.05) is 24.3 Å². The summed E-state index contributed by atoms with van der Waals surface area (Å²) in [6.07, 6.45) is -3.51. The fourth-order valence-corrected chi connectivity index (χ4v) is 2.83. The number of hydrogen-bond donors (Lipinski definition) is 2. The Labute approximate surface area is 168 Å². The number of amides is 2. The number of benzene rings is 2. The minimum atomic E-state index is -4.70. The van der Waals surface area contributed by atoms with Crippen LogP contribution < -0.4 is 10.6 Å². The van der Waals surface area contributed by atoms with Crippen LogP contribution in [0.25, 0.3) is 0 Å². The molecule has 3 rings (SSSR count). The third-order valence-electron chi connectivity index (χ3n) is 4.26. The molecule has 0 saturated carbocycles.